The standard InChI is InChI=1S/C18H20N2S/c1-12-5-2-3-7-16(12)21-17-8-4-6-13-14-11-19-10-9-15(14)20-18(13)17/h2-8,14-15,19-20H,9-11H2,1H3. The molecule has 2 aromatic carbocycles. The highest BCUT2D eigenvalue weighted by molar-refractivity contribution is 7.99. The number of piperidine rings is 1. The van der Waals surface area contributed by atoms with Crippen LogP contribution < -0.4 is 10.6 Å². The van der Waals surface area contributed by atoms with Crippen LogP contribution in [0.2, 0.25) is 0 Å². The molecule has 0 spiro atoms. The lowest BCUT2D eigenvalue weighted by molar-refractivity contribution is 0.440. The first-order valence-electron chi connectivity index (χ1n) is 7.66. The van der Waals surface area contributed by atoms with E-state index in [1.165, 1.54) is 33.0 Å². The van der Waals surface area contributed by atoms with Crippen LogP contribution in [0.1, 0.15) is 23.5 Å². The average Bonchev–Trinajstić information content (AvgIpc) is 2.89. The van der Waals surface area contributed by atoms with E-state index in [-0.39, 0.29) is 0 Å². The zero-order valence-corrected chi connectivity index (χ0v) is 13.0. The monoisotopic (exact) mass is 296 g/mol. The molecule has 0 amide bonds. The van der Waals surface area contributed by atoms with Gasteiger partial charge in [-0.15, -0.1) is 0 Å². The van der Waals surface area contributed by atoms with E-state index in [0.717, 1.165) is 13.1 Å². The Balaban J connectivity index is 1.69. The van der Waals surface area contributed by atoms with Gasteiger partial charge < -0.3 is 10.6 Å². The van der Waals surface area contributed by atoms with Gasteiger partial charge in [0.05, 0.1) is 5.69 Å². The van der Waals surface area contributed by atoms with E-state index in [1.807, 2.05) is 11.8 Å². The van der Waals surface area contributed by atoms with Crippen molar-refractivity contribution < 1.29 is 0 Å². The zero-order valence-electron chi connectivity index (χ0n) is 12.2. The van der Waals surface area contributed by atoms with Gasteiger partial charge in [0, 0.05) is 28.3 Å². The van der Waals surface area contributed by atoms with Crippen molar-refractivity contribution in [1.82, 2.24) is 5.32 Å². The average molecular weight is 296 g/mol. The molecule has 2 unspecified atom stereocenters. The van der Waals surface area contributed by atoms with Crippen LogP contribution >= 0.6 is 11.8 Å². The Morgan fingerprint density at radius 1 is 1.05 bits per heavy atom. The van der Waals surface area contributed by atoms with Crippen LogP contribution in [0.15, 0.2) is 52.3 Å². The Kier molecular flexibility index (Phi) is 3.40. The molecule has 2 heterocycles. The summed E-state index contributed by atoms with van der Waals surface area (Å²) in [7, 11) is 0. The summed E-state index contributed by atoms with van der Waals surface area (Å²) in [5, 5.41) is 7.31. The summed E-state index contributed by atoms with van der Waals surface area (Å²) < 4.78 is 0. The van der Waals surface area contributed by atoms with E-state index in [4.69, 9.17) is 0 Å². The molecule has 2 aliphatic rings. The molecule has 0 radical (unpaired) electrons. The molecule has 1 saturated heterocycles. The Morgan fingerprint density at radius 3 is 2.81 bits per heavy atom. The van der Waals surface area contributed by atoms with E-state index < -0.39 is 0 Å². The molecule has 2 nitrogen and oxygen atoms in total. The molecule has 2 N–H and O–H groups in total. The van der Waals surface area contributed by atoms with Gasteiger partial charge in [-0.3, -0.25) is 0 Å². The van der Waals surface area contributed by atoms with Crippen molar-refractivity contribution in [3.8, 4) is 0 Å². The molecule has 3 heteroatoms. The van der Waals surface area contributed by atoms with Gasteiger partial charge in [0.25, 0.3) is 0 Å². The molecule has 0 bridgehead atoms. The summed E-state index contributed by atoms with van der Waals surface area (Å²) in [6.07, 6.45) is 1.22. The fourth-order valence-corrected chi connectivity index (χ4v) is 4.47. The van der Waals surface area contributed by atoms with E-state index in [9.17, 15) is 0 Å². The third kappa shape index (κ3) is 2.34. The highest BCUT2D eigenvalue weighted by Gasteiger charge is 2.35. The van der Waals surface area contributed by atoms with Gasteiger partial charge >= 0.3 is 0 Å². The predicted octanol–water partition coefficient (Wildman–Crippen LogP) is 4.02. The van der Waals surface area contributed by atoms with E-state index in [0.29, 0.717) is 12.0 Å². The van der Waals surface area contributed by atoms with Crippen molar-refractivity contribution in [1.29, 1.82) is 0 Å². The van der Waals surface area contributed by atoms with Crippen molar-refractivity contribution in [2.45, 2.75) is 35.1 Å². The normalized spacial score (nSPS) is 23.3. The first kappa shape index (κ1) is 13.2. The lowest BCUT2D eigenvalue weighted by Crippen LogP contribution is -2.38. The fourth-order valence-electron chi connectivity index (χ4n) is 3.43. The molecule has 4 rings (SSSR count). The van der Waals surface area contributed by atoms with Gasteiger partial charge in [-0.05, 0) is 43.1 Å². The summed E-state index contributed by atoms with van der Waals surface area (Å²) in [6, 6.07) is 16.0. The summed E-state index contributed by atoms with van der Waals surface area (Å²) in [5.41, 5.74) is 4.20. The van der Waals surface area contributed by atoms with Gasteiger partial charge in [-0.2, -0.15) is 0 Å². The van der Waals surface area contributed by atoms with Crippen LogP contribution in [-0.4, -0.2) is 19.1 Å². The zero-order chi connectivity index (χ0) is 14.2. The van der Waals surface area contributed by atoms with E-state index in [1.54, 1.807) is 0 Å². The van der Waals surface area contributed by atoms with Gasteiger partial charge in [-0.25, -0.2) is 0 Å². The molecular formula is C18H20N2S. The van der Waals surface area contributed by atoms with Crippen LogP contribution in [0.4, 0.5) is 5.69 Å². The van der Waals surface area contributed by atoms with Gasteiger partial charge in [0.1, 0.15) is 0 Å². The minimum Gasteiger partial charge on any atom is -0.380 e. The molecule has 1 fully saturated rings. The van der Waals surface area contributed by atoms with Crippen molar-refractivity contribution in [2.75, 3.05) is 18.4 Å². The molecule has 0 aliphatic carbocycles. The molecule has 0 saturated carbocycles. The third-order valence-corrected chi connectivity index (χ3v) is 5.82. The SMILES string of the molecule is Cc1ccccc1Sc1cccc2c1NC1CCNCC21. The Hall–Kier alpha value is -1.45. The van der Waals surface area contributed by atoms with Crippen molar-refractivity contribution in [3.63, 3.8) is 0 Å². The van der Waals surface area contributed by atoms with Gasteiger partial charge in [0.15, 0.2) is 0 Å². The van der Waals surface area contributed by atoms with Crippen LogP contribution in [0.25, 0.3) is 0 Å². The summed E-state index contributed by atoms with van der Waals surface area (Å²) in [6.45, 7) is 4.41. The molecule has 2 aromatic rings. The molecule has 21 heavy (non-hydrogen) atoms. The number of hydrogen-bond acceptors (Lipinski definition) is 3. The minimum absolute atomic E-state index is 0.611. The Bertz CT molecular complexity index is 668. The maximum atomic E-state index is 3.78. The largest absolute Gasteiger partial charge is 0.380 e. The predicted molar refractivity (Wildman–Crippen MR) is 89.4 cm³/mol. The summed E-state index contributed by atoms with van der Waals surface area (Å²) in [4.78, 5) is 2.71. The highest BCUT2D eigenvalue weighted by atomic mass is 32.2. The Labute approximate surface area is 130 Å². The Morgan fingerprint density at radius 2 is 1.90 bits per heavy atom. The second-order valence-corrected chi connectivity index (χ2v) is 7.02. The maximum absolute atomic E-state index is 3.78. The van der Waals surface area contributed by atoms with Crippen molar-refractivity contribution in [3.05, 3.63) is 53.6 Å². The first-order chi connectivity index (χ1) is 10.3. The van der Waals surface area contributed by atoms with Crippen LogP contribution in [0.3, 0.4) is 0 Å². The fraction of sp³-hybridized carbons (Fsp3) is 0.333. The number of fused-ring (bicyclic) bond motifs is 3. The highest BCUT2D eigenvalue weighted by Crippen LogP contribution is 2.45. The minimum atomic E-state index is 0.611. The number of rotatable bonds is 2. The number of anilines is 1. The molecule has 2 atom stereocenters. The topological polar surface area (TPSA) is 24.1 Å². The first-order valence-corrected chi connectivity index (χ1v) is 8.48. The van der Waals surface area contributed by atoms with E-state index in [2.05, 4.69) is 60.0 Å². The van der Waals surface area contributed by atoms with Crippen LogP contribution in [0, 0.1) is 6.92 Å². The smallest absolute Gasteiger partial charge is 0.0521 e. The van der Waals surface area contributed by atoms with Crippen molar-refractivity contribution >= 4 is 17.4 Å². The van der Waals surface area contributed by atoms with Gasteiger partial charge in [0.2, 0.25) is 0 Å². The second-order valence-electron chi connectivity index (χ2n) is 5.94. The number of aryl methyl sites for hydroxylation is 1. The second kappa shape index (κ2) is 5.39. The number of nitrogens with one attached hydrogen (secondary N) is 2. The van der Waals surface area contributed by atoms with Crippen LogP contribution in [-0.2, 0) is 0 Å². The number of hydrogen-bond donors (Lipinski definition) is 2. The third-order valence-electron chi connectivity index (χ3n) is 4.58. The lowest BCUT2D eigenvalue weighted by atomic mass is 9.91. The quantitative estimate of drug-likeness (QED) is 0.875. The molecule has 0 aromatic heterocycles. The molecule has 2 aliphatic heterocycles. The van der Waals surface area contributed by atoms with Gasteiger partial charge in [-0.1, -0.05) is 42.1 Å². The van der Waals surface area contributed by atoms with Crippen LogP contribution in [0.5, 0.6) is 0 Å². The number of benzene rings is 2. The maximum Gasteiger partial charge on any atom is 0.0521 e. The van der Waals surface area contributed by atoms with E-state index >= 15 is 0 Å². The molecule has 108 valence electrons. The van der Waals surface area contributed by atoms with Crippen molar-refractivity contribution in [2.24, 2.45) is 0 Å². The molecular weight excluding hydrogens is 276 g/mol. The number of para-hydroxylation sites is 1. The lowest BCUT2D eigenvalue weighted by Gasteiger charge is -2.26. The summed E-state index contributed by atoms with van der Waals surface area (Å²) in [5.74, 6) is 0.631. The summed E-state index contributed by atoms with van der Waals surface area (Å²) >= 11 is 1.88.